The first-order valence-corrected chi connectivity index (χ1v) is 8.71. The minimum absolute atomic E-state index is 0.0909. The molecule has 3 rings (SSSR count). The number of ether oxygens (including phenoxy) is 1. The van der Waals surface area contributed by atoms with Crippen LogP contribution in [-0.2, 0) is 9.53 Å². The highest BCUT2D eigenvalue weighted by molar-refractivity contribution is 5.94. The molecular weight excluding hydrogens is 325 g/mol. The first-order valence-electron chi connectivity index (χ1n) is 8.71. The van der Waals surface area contributed by atoms with Crippen molar-refractivity contribution < 1.29 is 18.7 Å². The number of piperazine rings is 1. The summed E-state index contributed by atoms with van der Waals surface area (Å²) in [5, 5.41) is 0. The second kappa shape index (κ2) is 7.93. The van der Waals surface area contributed by atoms with Crippen molar-refractivity contribution in [2.75, 3.05) is 52.5 Å². The number of rotatable bonds is 3. The molecule has 0 aromatic heterocycles. The van der Waals surface area contributed by atoms with Gasteiger partial charge in [-0.05, 0) is 31.2 Å². The zero-order valence-corrected chi connectivity index (χ0v) is 14.5. The Kier molecular flexibility index (Phi) is 5.65. The van der Waals surface area contributed by atoms with Gasteiger partial charge in [0.15, 0.2) is 0 Å². The summed E-state index contributed by atoms with van der Waals surface area (Å²) in [5.41, 5.74) is 0.493. The molecule has 7 heteroatoms. The molecule has 2 saturated heterocycles. The summed E-state index contributed by atoms with van der Waals surface area (Å²) in [5.74, 6) is -0.315. The van der Waals surface area contributed by atoms with Crippen LogP contribution >= 0.6 is 0 Å². The smallest absolute Gasteiger partial charge is 0.253 e. The van der Waals surface area contributed by atoms with Crippen LogP contribution in [0.4, 0.5) is 4.39 Å². The molecule has 2 heterocycles. The van der Waals surface area contributed by atoms with Crippen LogP contribution in [0.15, 0.2) is 24.3 Å². The quantitative estimate of drug-likeness (QED) is 0.811. The summed E-state index contributed by atoms with van der Waals surface area (Å²) in [6, 6.07) is 5.42. The number of carbonyl (C=O) groups excluding carboxylic acids is 2. The predicted molar refractivity (Wildman–Crippen MR) is 90.7 cm³/mol. The fourth-order valence-corrected chi connectivity index (χ4v) is 3.29. The molecule has 0 spiro atoms. The zero-order valence-electron chi connectivity index (χ0n) is 14.5. The second-order valence-corrected chi connectivity index (χ2v) is 6.45. The van der Waals surface area contributed by atoms with E-state index in [9.17, 15) is 14.0 Å². The Morgan fingerprint density at radius 2 is 1.56 bits per heavy atom. The van der Waals surface area contributed by atoms with Gasteiger partial charge in [0, 0.05) is 44.8 Å². The molecule has 2 amide bonds. The Hall–Kier alpha value is -1.99. The number of benzene rings is 1. The van der Waals surface area contributed by atoms with E-state index in [1.807, 2.05) is 11.8 Å². The van der Waals surface area contributed by atoms with Crippen LogP contribution < -0.4 is 0 Å². The molecule has 25 heavy (non-hydrogen) atoms. The number of nitrogens with zero attached hydrogens (tertiary/aromatic N) is 3. The molecule has 0 radical (unpaired) electrons. The van der Waals surface area contributed by atoms with Gasteiger partial charge >= 0.3 is 0 Å². The van der Waals surface area contributed by atoms with Crippen LogP contribution in [0.2, 0.25) is 0 Å². The van der Waals surface area contributed by atoms with Crippen molar-refractivity contribution in [3.05, 3.63) is 35.6 Å². The molecule has 0 unspecified atom stereocenters. The first kappa shape index (κ1) is 17.8. The SMILES string of the molecule is C[C@H](C(=O)N1CCOCC1)N1CCN(C(=O)c2ccc(F)cc2)CC1. The van der Waals surface area contributed by atoms with Gasteiger partial charge in [0.25, 0.3) is 5.91 Å². The fourth-order valence-electron chi connectivity index (χ4n) is 3.29. The molecule has 136 valence electrons. The molecule has 0 N–H and O–H groups in total. The van der Waals surface area contributed by atoms with Crippen molar-refractivity contribution in [1.29, 1.82) is 0 Å². The van der Waals surface area contributed by atoms with E-state index in [0.29, 0.717) is 58.0 Å². The van der Waals surface area contributed by atoms with E-state index in [2.05, 4.69) is 4.90 Å². The van der Waals surface area contributed by atoms with Crippen molar-refractivity contribution in [3.63, 3.8) is 0 Å². The third-order valence-electron chi connectivity index (χ3n) is 4.92. The topological polar surface area (TPSA) is 53.1 Å². The molecular formula is C18H24FN3O3. The molecule has 2 fully saturated rings. The number of amides is 2. The van der Waals surface area contributed by atoms with E-state index in [4.69, 9.17) is 4.74 Å². The average Bonchev–Trinajstić information content (AvgIpc) is 2.67. The Balaban J connectivity index is 1.53. The average molecular weight is 349 g/mol. The molecule has 0 aliphatic carbocycles. The summed E-state index contributed by atoms with van der Waals surface area (Å²) in [4.78, 5) is 30.8. The van der Waals surface area contributed by atoms with Gasteiger partial charge in [-0.3, -0.25) is 14.5 Å². The number of halogens is 1. The molecule has 1 aromatic carbocycles. The number of morpholine rings is 1. The van der Waals surface area contributed by atoms with E-state index in [-0.39, 0.29) is 23.7 Å². The lowest BCUT2D eigenvalue weighted by molar-refractivity contribution is -0.141. The zero-order chi connectivity index (χ0) is 17.8. The molecule has 2 aliphatic rings. The van der Waals surface area contributed by atoms with Crippen molar-refractivity contribution >= 4 is 11.8 Å². The van der Waals surface area contributed by atoms with Crippen LogP contribution in [0.5, 0.6) is 0 Å². The Morgan fingerprint density at radius 3 is 2.16 bits per heavy atom. The van der Waals surface area contributed by atoms with Gasteiger partial charge in [0.1, 0.15) is 5.82 Å². The molecule has 1 atom stereocenters. The molecule has 0 saturated carbocycles. The minimum atomic E-state index is -0.350. The van der Waals surface area contributed by atoms with Gasteiger partial charge in [-0.15, -0.1) is 0 Å². The van der Waals surface area contributed by atoms with Crippen molar-refractivity contribution in [1.82, 2.24) is 14.7 Å². The molecule has 1 aromatic rings. The lowest BCUT2D eigenvalue weighted by atomic mass is 10.1. The van der Waals surface area contributed by atoms with Crippen LogP contribution in [0.1, 0.15) is 17.3 Å². The van der Waals surface area contributed by atoms with Gasteiger partial charge in [0.05, 0.1) is 19.3 Å². The third-order valence-corrected chi connectivity index (χ3v) is 4.92. The minimum Gasteiger partial charge on any atom is -0.378 e. The summed E-state index contributed by atoms with van der Waals surface area (Å²) in [6.45, 7) is 6.85. The van der Waals surface area contributed by atoms with Crippen molar-refractivity contribution in [2.45, 2.75) is 13.0 Å². The summed E-state index contributed by atoms with van der Waals surface area (Å²) in [7, 11) is 0. The van der Waals surface area contributed by atoms with E-state index in [0.717, 1.165) is 0 Å². The maximum atomic E-state index is 13.0. The number of carbonyl (C=O) groups is 2. The van der Waals surface area contributed by atoms with Gasteiger partial charge in [-0.25, -0.2) is 4.39 Å². The van der Waals surface area contributed by atoms with E-state index >= 15 is 0 Å². The predicted octanol–water partition coefficient (Wildman–Crippen LogP) is 0.831. The summed E-state index contributed by atoms with van der Waals surface area (Å²) >= 11 is 0. The monoisotopic (exact) mass is 349 g/mol. The maximum absolute atomic E-state index is 13.0. The van der Waals surface area contributed by atoms with Crippen molar-refractivity contribution in [3.8, 4) is 0 Å². The van der Waals surface area contributed by atoms with Crippen LogP contribution in [0.25, 0.3) is 0 Å². The van der Waals surface area contributed by atoms with Crippen LogP contribution in [0, 0.1) is 5.82 Å². The van der Waals surface area contributed by atoms with Gasteiger partial charge in [0.2, 0.25) is 5.91 Å². The molecule has 2 aliphatic heterocycles. The van der Waals surface area contributed by atoms with Crippen LogP contribution in [-0.4, -0.2) is 85.0 Å². The number of hydrogen-bond donors (Lipinski definition) is 0. The Morgan fingerprint density at radius 1 is 0.960 bits per heavy atom. The van der Waals surface area contributed by atoms with Crippen molar-refractivity contribution in [2.24, 2.45) is 0 Å². The van der Waals surface area contributed by atoms with Gasteiger partial charge in [-0.1, -0.05) is 0 Å². The Bertz CT molecular complexity index is 608. The highest BCUT2D eigenvalue weighted by atomic mass is 19.1. The first-order chi connectivity index (χ1) is 12.1. The summed E-state index contributed by atoms with van der Waals surface area (Å²) in [6.07, 6.45) is 0. The Labute approximate surface area is 147 Å². The largest absolute Gasteiger partial charge is 0.378 e. The highest BCUT2D eigenvalue weighted by Gasteiger charge is 2.30. The molecule has 0 bridgehead atoms. The molecule has 6 nitrogen and oxygen atoms in total. The normalized spacial score (nSPS) is 20.4. The van der Waals surface area contributed by atoms with E-state index in [1.54, 1.807) is 4.90 Å². The number of hydrogen-bond acceptors (Lipinski definition) is 4. The van der Waals surface area contributed by atoms with Gasteiger partial charge < -0.3 is 14.5 Å². The lowest BCUT2D eigenvalue weighted by Crippen LogP contribution is -2.56. The maximum Gasteiger partial charge on any atom is 0.253 e. The lowest BCUT2D eigenvalue weighted by Gasteiger charge is -2.39. The second-order valence-electron chi connectivity index (χ2n) is 6.45. The fraction of sp³-hybridized carbons (Fsp3) is 0.556. The van der Waals surface area contributed by atoms with E-state index < -0.39 is 0 Å². The summed E-state index contributed by atoms with van der Waals surface area (Å²) < 4.78 is 18.3. The standard InChI is InChI=1S/C18H24FN3O3/c1-14(17(23)22-10-12-25-13-11-22)20-6-8-21(9-7-20)18(24)15-2-4-16(19)5-3-15/h2-5,14H,6-13H2,1H3/t14-/m1/s1. The van der Waals surface area contributed by atoms with E-state index in [1.165, 1.54) is 24.3 Å². The third kappa shape index (κ3) is 4.16. The van der Waals surface area contributed by atoms with Crippen LogP contribution in [0.3, 0.4) is 0 Å². The van der Waals surface area contributed by atoms with Gasteiger partial charge in [-0.2, -0.15) is 0 Å². The highest BCUT2D eigenvalue weighted by Crippen LogP contribution is 2.13.